The van der Waals surface area contributed by atoms with Crippen LogP contribution < -0.4 is 5.32 Å². The van der Waals surface area contributed by atoms with Crippen molar-refractivity contribution >= 4 is 24.8 Å². The molecule has 0 unspecified atom stereocenters. The van der Waals surface area contributed by atoms with Crippen molar-refractivity contribution in [3.8, 4) is 0 Å². The lowest BCUT2D eigenvalue weighted by molar-refractivity contribution is -0.0830. The maximum Gasteiger partial charge on any atom is 0.126 e. The van der Waals surface area contributed by atoms with Crippen LogP contribution in [0.2, 0.25) is 0 Å². The Bertz CT molecular complexity index is 230. The van der Waals surface area contributed by atoms with Crippen molar-refractivity contribution in [1.82, 2.24) is 10.2 Å². The Hall–Kier alpha value is 0.390. The van der Waals surface area contributed by atoms with Gasteiger partial charge in [-0.3, -0.25) is 4.90 Å². The lowest BCUT2D eigenvalue weighted by Crippen LogP contribution is -2.53. The monoisotopic (exact) mass is 302 g/mol. The minimum Gasteiger partial charge on any atom is -0.373 e. The maximum absolute atomic E-state index is 14.5. The van der Waals surface area contributed by atoms with Crippen LogP contribution in [0, 0.1) is 0 Å². The third-order valence-corrected chi connectivity index (χ3v) is 3.50. The third kappa shape index (κ3) is 5.17. The van der Waals surface area contributed by atoms with Crippen LogP contribution in [0.15, 0.2) is 0 Å². The molecule has 0 aromatic carbocycles. The van der Waals surface area contributed by atoms with Crippen molar-refractivity contribution < 1.29 is 9.13 Å². The number of nitrogens with zero attached hydrogens (tertiary/aromatic N) is 1. The summed E-state index contributed by atoms with van der Waals surface area (Å²) in [5.41, 5.74) is -0.984. The number of hydrogen-bond acceptors (Lipinski definition) is 3. The van der Waals surface area contributed by atoms with Crippen LogP contribution in [0.25, 0.3) is 0 Å². The van der Waals surface area contributed by atoms with Gasteiger partial charge in [0.05, 0.1) is 12.2 Å². The van der Waals surface area contributed by atoms with E-state index in [0.717, 1.165) is 26.2 Å². The second-order valence-corrected chi connectivity index (χ2v) is 5.35. The van der Waals surface area contributed by atoms with Gasteiger partial charge in [0, 0.05) is 19.6 Å². The highest BCUT2D eigenvalue weighted by atomic mass is 35.5. The fourth-order valence-corrected chi connectivity index (χ4v) is 2.85. The van der Waals surface area contributed by atoms with Crippen LogP contribution in [-0.4, -0.2) is 55.5 Å². The molecule has 2 aliphatic heterocycles. The second-order valence-electron chi connectivity index (χ2n) is 5.35. The molecule has 2 heterocycles. The lowest BCUT2D eigenvalue weighted by atomic mass is 9.93. The summed E-state index contributed by atoms with van der Waals surface area (Å²) in [6, 6.07) is 0. The van der Waals surface area contributed by atoms with Crippen LogP contribution in [0.4, 0.5) is 4.39 Å². The molecule has 2 atom stereocenters. The van der Waals surface area contributed by atoms with E-state index >= 15 is 0 Å². The molecule has 110 valence electrons. The van der Waals surface area contributed by atoms with E-state index in [1.54, 1.807) is 0 Å². The number of rotatable bonds is 2. The number of piperidine rings is 1. The van der Waals surface area contributed by atoms with Gasteiger partial charge in [-0.1, -0.05) is 0 Å². The zero-order chi connectivity index (χ0) is 11.6. The van der Waals surface area contributed by atoms with Crippen LogP contribution in [0.3, 0.4) is 0 Å². The van der Waals surface area contributed by atoms with Gasteiger partial charge in [-0.25, -0.2) is 4.39 Å². The van der Waals surface area contributed by atoms with Crippen molar-refractivity contribution in [3.63, 3.8) is 0 Å². The third-order valence-electron chi connectivity index (χ3n) is 3.50. The molecular formula is C12H25Cl2FN2O. The van der Waals surface area contributed by atoms with Crippen molar-refractivity contribution in [2.45, 2.75) is 44.6 Å². The fourth-order valence-electron chi connectivity index (χ4n) is 2.85. The summed E-state index contributed by atoms with van der Waals surface area (Å²) in [6.07, 6.45) is 1.75. The van der Waals surface area contributed by atoms with Gasteiger partial charge in [0.25, 0.3) is 0 Å². The minimum absolute atomic E-state index is 0. The largest absolute Gasteiger partial charge is 0.373 e. The molecule has 0 amide bonds. The highest BCUT2D eigenvalue weighted by Gasteiger charge is 2.35. The molecule has 0 radical (unpaired) electrons. The first-order valence-electron chi connectivity index (χ1n) is 6.35. The Morgan fingerprint density at radius 3 is 2.17 bits per heavy atom. The summed E-state index contributed by atoms with van der Waals surface area (Å²) in [7, 11) is 0. The van der Waals surface area contributed by atoms with Crippen LogP contribution in [0.5, 0.6) is 0 Å². The number of hydrogen-bond donors (Lipinski definition) is 1. The molecule has 18 heavy (non-hydrogen) atoms. The molecule has 2 saturated heterocycles. The lowest BCUT2D eigenvalue weighted by Gasteiger charge is -2.40. The van der Waals surface area contributed by atoms with Crippen molar-refractivity contribution in [1.29, 1.82) is 0 Å². The zero-order valence-corrected chi connectivity index (χ0v) is 12.8. The van der Waals surface area contributed by atoms with Gasteiger partial charge in [0.1, 0.15) is 5.67 Å². The van der Waals surface area contributed by atoms with E-state index in [4.69, 9.17) is 4.74 Å². The smallest absolute Gasteiger partial charge is 0.126 e. The van der Waals surface area contributed by atoms with Gasteiger partial charge in [-0.2, -0.15) is 0 Å². The first kappa shape index (κ1) is 18.4. The second kappa shape index (κ2) is 7.85. The predicted molar refractivity (Wildman–Crippen MR) is 76.9 cm³/mol. The first-order chi connectivity index (χ1) is 7.57. The fraction of sp³-hybridized carbons (Fsp3) is 1.00. The van der Waals surface area contributed by atoms with E-state index in [1.807, 2.05) is 0 Å². The highest BCUT2D eigenvalue weighted by Crippen LogP contribution is 2.25. The molecule has 0 bridgehead atoms. The van der Waals surface area contributed by atoms with E-state index in [9.17, 15) is 4.39 Å². The van der Waals surface area contributed by atoms with Crippen molar-refractivity contribution in [2.24, 2.45) is 0 Å². The zero-order valence-electron chi connectivity index (χ0n) is 11.2. The van der Waals surface area contributed by atoms with Gasteiger partial charge in [0.15, 0.2) is 0 Å². The number of ether oxygens (including phenoxy) is 1. The molecular weight excluding hydrogens is 278 g/mol. The summed E-state index contributed by atoms with van der Waals surface area (Å²) >= 11 is 0. The van der Waals surface area contributed by atoms with E-state index in [1.165, 1.54) is 0 Å². The molecule has 0 spiro atoms. The van der Waals surface area contributed by atoms with Gasteiger partial charge in [-0.15, -0.1) is 24.8 Å². The minimum atomic E-state index is -0.984. The van der Waals surface area contributed by atoms with Gasteiger partial charge in [0.2, 0.25) is 0 Å². The van der Waals surface area contributed by atoms with Crippen molar-refractivity contribution in [3.05, 3.63) is 0 Å². The normalized spacial score (nSPS) is 32.2. The number of halogens is 3. The molecule has 0 aromatic rings. The summed E-state index contributed by atoms with van der Waals surface area (Å²) < 4.78 is 20.2. The molecule has 0 aromatic heterocycles. The standard InChI is InChI=1S/C12H23FN2O.2ClH/c1-10-7-15(8-11(2)16-10)9-12(13)3-5-14-6-4-12;;/h10-11,14H,3-9H2,1-2H3;2*1H/t10-,11+;;. The molecule has 2 rings (SSSR count). The number of nitrogens with one attached hydrogen (secondary N) is 1. The van der Waals surface area contributed by atoms with E-state index in [0.29, 0.717) is 19.4 Å². The Morgan fingerprint density at radius 2 is 1.67 bits per heavy atom. The van der Waals surface area contributed by atoms with Crippen LogP contribution in [-0.2, 0) is 4.74 Å². The highest BCUT2D eigenvalue weighted by molar-refractivity contribution is 5.85. The maximum atomic E-state index is 14.5. The molecule has 0 saturated carbocycles. The molecule has 1 N–H and O–H groups in total. The number of morpholine rings is 1. The predicted octanol–water partition coefficient (Wildman–Crippen LogP) is 2.03. The van der Waals surface area contributed by atoms with E-state index < -0.39 is 5.67 Å². The summed E-state index contributed by atoms with van der Waals surface area (Å²) in [5, 5.41) is 3.21. The summed E-state index contributed by atoms with van der Waals surface area (Å²) in [6.45, 7) is 8.06. The number of alkyl halides is 1. The molecule has 2 fully saturated rings. The Labute approximate surface area is 122 Å². The summed E-state index contributed by atoms with van der Waals surface area (Å²) in [4.78, 5) is 2.23. The Kier molecular flexibility index (Phi) is 8.02. The average Bonchev–Trinajstić information content (AvgIpc) is 2.15. The van der Waals surface area contributed by atoms with E-state index in [-0.39, 0.29) is 37.0 Å². The molecule has 0 aliphatic carbocycles. The average molecular weight is 303 g/mol. The SMILES string of the molecule is C[C@@H]1CN(CC2(F)CCNCC2)C[C@H](C)O1.Cl.Cl. The van der Waals surface area contributed by atoms with E-state index in [2.05, 4.69) is 24.1 Å². The Balaban J connectivity index is 0.00000144. The quantitative estimate of drug-likeness (QED) is 0.845. The van der Waals surface area contributed by atoms with Crippen LogP contribution >= 0.6 is 24.8 Å². The molecule has 6 heteroatoms. The molecule has 2 aliphatic rings. The van der Waals surface area contributed by atoms with Crippen molar-refractivity contribution in [2.75, 3.05) is 32.7 Å². The van der Waals surface area contributed by atoms with Gasteiger partial charge >= 0.3 is 0 Å². The Morgan fingerprint density at radius 1 is 1.17 bits per heavy atom. The topological polar surface area (TPSA) is 24.5 Å². The molecule has 3 nitrogen and oxygen atoms in total. The van der Waals surface area contributed by atoms with Gasteiger partial charge < -0.3 is 10.1 Å². The van der Waals surface area contributed by atoms with Crippen LogP contribution in [0.1, 0.15) is 26.7 Å². The first-order valence-corrected chi connectivity index (χ1v) is 6.35. The summed E-state index contributed by atoms with van der Waals surface area (Å²) in [5.74, 6) is 0. The van der Waals surface area contributed by atoms with Gasteiger partial charge in [-0.05, 0) is 39.8 Å².